The quantitative estimate of drug-likeness (QED) is 0.282. The van der Waals surface area contributed by atoms with Crippen LogP contribution in [0, 0.1) is 6.92 Å². The summed E-state index contributed by atoms with van der Waals surface area (Å²) in [6.07, 6.45) is 3.14. The predicted molar refractivity (Wildman–Crippen MR) is 148 cm³/mol. The van der Waals surface area contributed by atoms with E-state index in [1.165, 1.54) is 29.3 Å². The Bertz CT molecular complexity index is 1320. The summed E-state index contributed by atoms with van der Waals surface area (Å²) >= 11 is 13.5. The minimum absolute atomic E-state index is 0.176. The van der Waals surface area contributed by atoms with Crippen molar-refractivity contribution in [2.24, 2.45) is 0 Å². The van der Waals surface area contributed by atoms with Crippen LogP contribution in [0.5, 0.6) is 5.75 Å². The maximum absolute atomic E-state index is 13.7. The van der Waals surface area contributed by atoms with E-state index in [0.29, 0.717) is 27.2 Å². The molecule has 186 valence electrons. The number of anilines is 2. The highest BCUT2D eigenvalue weighted by Crippen LogP contribution is 2.40. The van der Waals surface area contributed by atoms with E-state index in [9.17, 15) is 9.59 Å². The molecule has 5 nitrogen and oxygen atoms in total. The van der Waals surface area contributed by atoms with E-state index in [0.717, 1.165) is 29.7 Å². The molecule has 0 fully saturated rings. The number of ether oxygens (including phenoxy) is 1. The van der Waals surface area contributed by atoms with Crippen LogP contribution in [0.15, 0.2) is 76.2 Å². The Hall–Kier alpha value is -2.93. The van der Waals surface area contributed by atoms with E-state index in [2.05, 4.69) is 12.2 Å². The average Bonchev–Trinajstić information content (AvgIpc) is 3.10. The molecule has 4 rings (SSSR count). The molecule has 0 saturated carbocycles. The Morgan fingerprint density at radius 1 is 0.972 bits per heavy atom. The topological polar surface area (TPSA) is 58.6 Å². The molecule has 0 bridgehead atoms. The smallest absolute Gasteiger partial charge is 0.283 e. The monoisotopic (exact) mass is 540 g/mol. The summed E-state index contributed by atoms with van der Waals surface area (Å²) in [7, 11) is 1.53. The second-order valence-electron chi connectivity index (χ2n) is 8.40. The molecule has 3 aromatic rings. The molecular weight excluding hydrogens is 515 g/mol. The Morgan fingerprint density at radius 2 is 1.67 bits per heavy atom. The van der Waals surface area contributed by atoms with Crippen LogP contribution in [0.1, 0.15) is 30.9 Å². The predicted octanol–water partition coefficient (Wildman–Crippen LogP) is 7.64. The van der Waals surface area contributed by atoms with Crippen molar-refractivity contribution in [2.45, 2.75) is 38.0 Å². The summed E-state index contributed by atoms with van der Waals surface area (Å²) < 4.78 is 5.48. The van der Waals surface area contributed by atoms with E-state index in [1.807, 2.05) is 43.3 Å². The molecule has 0 aliphatic carbocycles. The van der Waals surface area contributed by atoms with Gasteiger partial charge < -0.3 is 10.1 Å². The largest absolute Gasteiger partial charge is 0.495 e. The molecule has 0 unspecified atom stereocenters. The first kappa shape index (κ1) is 26.1. The van der Waals surface area contributed by atoms with Gasteiger partial charge in [0.15, 0.2) is 0 Å². The molecule has 1 heterocycles. The first-order valence-electron chi connectivity index (χ1n) is 11.6. The number of unbranched alkanes of at least 4 members (excludes halogenated alkanes) is 1. The van der Waals surface area contributed by atoms with Gasteiger partial charge in [0.25, 0.3) is 11.8 Å². The Balaban J connectivity index is 1.73. The molecule has 1 aliphatic rings. The number of hydrogen-bond acceptors (Lipinski definition) is 5. The summed E-state index contributed by atoms with van der Waals surface area (Å²) in [4.78, 5) is 29.6. The number of imide groups is 1. The molecule has 1 aliphatic heterocycles. The summed E-state index contributed by atoms with van der Waals surface area (Å²) in [5.41, 5.74) is 3.22. The van der Waals surface area contributed by atoms with Crippen LogP contribution in [0.4, 0.5) is 11.4 Å². The van der Waals surface area contributed by atoms with Crippen molar-refractivity contribution in [2.75, 3.05) is 17.3 Å². The number of nitrogens with zero attached hydrogens (tertiary/aromatic N) is 1. The van der Waals surface area contributed by atoms with Crippen molar-refractivity contribution in [1.29, 1.82) is 0 Å². The van der Waals surface area contributed by atoms with E-state index in [1.54, 1.807) is 24.3 Å². The lowest BCUT2D eigenvalue weighted by atomic mass is 10.1. The lowest BCUT2D eigenvalue weighted by Gasteiger charge is -2.17. The van der Waals surface area contributed by atoms with Gasteiger partial charge in [-0.3, -0.25) is 9.59 Å². The standard InChI is InChI=1S/C28H26Cl2N2O3S/c1-4-5-6-18-7-11-20(12-8-18)32-27(33)25(31-23-15-17(2)22(30)16-24(23)35-3)26(28(32)34)36-21-13-9-19(29)10-14-21/h7-16,31H,4-6H2,1-3H3. The van der Waals surface area contributed by atoms with Crippen LogP contribution in [-0.4, -0.2) is 18.9 Å². The first-order valence-corrected chi connectivity index (χ1v) is 13.2. The minimum atomic E-state index is -0.438. The number of thioether (sulfide) groups is 1. The summed E-state index contributed by atoms with van der Waals surface area (Å²) in [6.45, 7) is 4.01. The zero-order valence-corrected chi connectivity index (χ0v) is 22.6. The highest BCUT2D eigenvalue weighted by Gasteiger charge is 2.40. The summed E-state index contributed by atoms with van der Waals surface area (Å²) in [5.74, 6) is -0.367. The van der Waals surface area contributed by atoms with Gasteiger partial charge in [-0.05, 0) is 73.4 Å². The third-order valence-corrected chi connectivity index (χ3v) is 7.58. The van der Waals surface area contributed by atoms with Gasteiger partial charge in [-0.15, -0.1) is 0 Å². The Labute approximate surface area is 225 Å². The van der Waals surface area contributed by atoms with E-state index in [-0.39, 0.29) is 10.6 Å². The van der Waals surface area contributed by atoms with Crippen LogP contribution in [0.2, 0.25) is 10.0 Å². The lowest BCUT2D eigenvalue weighted by Crippen LogP contribution is -2.32. The number of methoxy groups -OCH3 is 1. The van der Waals surface area contributed by atoms with Gasteiger partial charge in [0.05, 0.1) is 18.5 Å². The number of carbonyl (C=O) groups excluding carboxylic acids is 2. The molecule has 3 aromatic carbocycles. The molecule has 8 heteroatoms. The zero-order valence-electron chi connectivity index (χ0n) is 20.2. The maximum atomic E-state index is 13.7. The van der Waals surface area contributed by atoms with E-state index in [4.69, 9.17) is 27.9 Å². The number of aryl methyl sites for hydroxylation is 2. The van der Waals surface area contributed by atoms with Gasteiger partial charge in [0, 0.05) is 21.0 Å². The maximum Gasteiger partial charge on any atom is 0.283 e. The lowest BCUT2D eigenvalue weighted by molar-refractivity contribution is -0.120. The molecule has 0 atom stereocenters. The number of carbonyl (C=O) groups is 2. The summed E-state index contributed by atoms with van der Waals surface area (Å²) in [6, 6.07) is 18.2. The van der Waals surface area contributed by atoms with Crippen LogP contribution in [0.3, 0.4) is 0 Å². The number of nitrogens with one attached hydrogen (secondary N) is 1. The second-order valence-corrected chi connectivity index (χ2v) is 10.3. The van der Waals surface area contributed by atoms with Gasteiger partial charge in [0.2, 0.25) is 0 Å². The molecule has 1 N–H and O–H groups in total. The number of halogens is 2. The number of rotatable bonds is 9. The molecule has 0 saturated heterocycles. The van der Waals surface area contributed by atoms with Crippen molar-refractivity contribution in [3.63, 3.8) is 0 Å². The SMILES string of the molecule is CCCCc1ccc(N2C(=O)C(Nc3cc(C)c(Cl)cc3OC)=C(Sc3ccc(Cl)cc3)C2=O)cc1. The number of amides is 2. The molecule has 36 heavy (non-hydrogen) atoms. The fourth-order valence-corrected chi connectivity index (χ4v) is 5.03. The van der Waals surface area contributed by atoms with Crippen molar-refractivity contribution >= 4 is 58.2 Å². The van der Waals surface area contributed by atoms with Gasteiger partial charge in [0.1, 0.15) is 16.4 Å². The third kappa shape index (κ3) is 5.56. The minimum Gasteiger partial charge on any atom is -0.495 e. The highest BCUT2D eigenvalue weighted by molar-refractivity contribution is 8.04. The normalized spacial score (nSPS) is 13.5. The van der Waals surface area contributed by atoms with Crippen LogP contribution >= 0.6 is 35.0 Å². The van der Waals surface area contributed by atoms with Crippen molar-refractivity contribution in [1.82, 2.24) is 0 Å². The van der Waals surface area contributed by atoms with Gasteiger partial charge >= 0.3 is 0 Å². The fraction of sp³-hybridized carbons (Fsp3) is 0.214. The fourth-order valence-electron chi connectivity index (χ4n) is 3.83. The third-order valence-electron chi connectivity index (χ3n) is 5.83. The van der Waals surface area contributed by atoms with Crippen molar-refractivity contribution < 1.29 is 14.3 Å². The van der Waals surface area contributed by atoms with E-state index >= 15 is 0 Å². The van der Waals surface area contributed by atoms with Crippen LogP contribution in [-0.2, 0) is 16.0 Å². The Kier molecular flexibility index (Phi) is 8.29. The van der Waals surface area contributed by atoms with Gasteiger partial charge in [-0.25, -0.2) is 4.90 Å². The van der Waals surface area contributed by atoms with Gasteiger partial charge in [-0.1, -0.05) is 60.4 Å². The highest BCUT2D eigenvalue weighted by atomic mass is 35.5. The second kappa shape index (κ2) is 11.4. The van der Waals surface area contributed by atoms with Crippen LogP contribution in [0.25, 0.3) is 0 Å². The summed E-state index contributed by atoms with van der Waals surface area (Å²) in [5, 5.41) is 4.30. The van der Waals surface area contributed by atoms with Crippen molar-refractivity contribution in [3.05, 3.63) is 92.4 Å². The average molecular weight is 542 g/mol. The first-order chi connectivity index (χ1) is 17.3. The Morgan fingerprint density at radius 3 is 2.31 bits per heavy atom. The van der Waals surface area contributed by atoms with Gasteiger partial charge in [-0.2, -0.15) is 0 Å². The van der Waals surface area contributed by atoms with Crippen molar-refractivity contribution in [3.8, 4) is 5.75 Å². The molecule has 0 radical (unpaired) electrons. The van der Waals surface area contributed by atoms with E-state index < -0.39 is 11.8 Å². The molecular formula is C28H26Cl2N2O3S. The number of benzene rings is 3. The number of hydrogen-bond donors (Lipinski definition) is 1. The molecule has 0 aromatic heterocycles. The zero-order chi connectivity index (χ0) is 25.8. The van der Waals surface area contributed by atoms with Crippen LogP contribution < -0.4 is 15.0 Å². The molecule has 2 amide bonds. The molecule has 0 spiro atoms.